The number of amides is 1. The van der Waals surface area contributed by atoms with Gasteiger partial charge in [0.05, 0.1) is 23.2 Å². The van der Waals surface area contributed by atoms with Gasteiger partial charge in [0.15, 0.2) is 9.84 Å². The molecule has 3 aromatic rings. The van der Waals surface area contributed by atoms with Crippen molar-refractivity contribution in [1.82, 2.24) is 19.7 Å². The van der Waals surface area contributed by atoms with Gasteiger partial charge < -0.3 is 9.88 Å². The highest BCUT2D eigenvalue weighted by molar-refractivity contribution is 7.91. The largest absolute Gasteiger partial charge is 0.351 e. The van der Waals surface area contributed by atoms with Crippen molar-refractivity contribution >= 4 is 37.6 Å². The number of hydrogen-bond acceptors (Lipinski definition) is 5. The smallest absolute Gasteiger partial charge is 0.291 e. The molecule has 1 aliphatic heterocycles. The summed E-state index contributed by atoms with van der Waals surface area (Å²) in [4.78, 5) is 25.9. The second kappa shape index (κ2) is 6.73. The average molecular weight is 402 g/mol. The summed E-state index contributed by atoms with van der Waals surface area (Å²) in [6.45, 7) is 1.88. The number of para-hydroxylation sites is 1. The minimum Gasteiger partial charge on any atom is -0.351 e. The van der Waals surface area contributed by atoms with Crippen molar-refractivity contribution in [3.63, 3.8) is 0 Å². The highest BCUT2D eigenvalue weighted by Crippen LogP contribution is 2.31. The van der Waals surface area contributed by atoms with Crippen molar-refractivity contribution in [2.75, 3.05) is 11.5 Å². The number of aryl methyl sites for hydroxylation is 1. The van der Waals surface area contributed by atoms with Crippen molar-refractivity contribution in [3.05, 3.63) is 40.8 Å². The molecule has 1 amide bonds. The van der Waals surface area contributed by atoms with Crippen LogP contribution in [0.1, 0.15) is 25.8 Å². The number of hydrogen-bond donors (Lipinski definition) is 1. The lowest BCUT2D eigenvalue weighted by Crippen LogP contribution is -2.40. The molecule has 0 radical (unpaired) electrons. The molecule has 9 heteroatoms. The van der Waals surface area contributed by atoms with Crippen LogP contribution in [0.25, 0.3) is 21.8 Å². The van der Waals surface area contributed by atoms with E-state index in [1.54, 1.807) is 17.8 Å². The van der Waals surface area contributed by atoms with Crippen LogP contribution in [0.3, 0.4) is 0 Å². The van der Waals surface area contributed by atoms with E-state index in [0.717, 1.165) is 10.9 Å². The van der Waals surface area contributed by atoms with Crippen LogP contribution in [0.15, 0.2) is 35.3 Å². The molecule has 0 unspecified atom stereocenters. The molecule has 148 valence electrons. The molecule has 0 saturated carbocycles. The van der Waals surface area contributed by atoms with Gasteiger partial charge in [0.25, 0.3) is 5.56 Å². The second-order valence-electron chi connectivity index (χ2n) is 7.26. The molecule has 0 bridgehead atoms. The molecule has 28 heavy (non-hydrogen) atoms. The normalized spacial score (nSPS) is 19.9. The molecule has 1 N–H and O–H groups in total. The molecule has 8 nitrogen and oxygen atoms in total. The van der Waals surface area contributed by atoms with E-state index in [1.807, 2.05) is 31.2 Å². The van der Waals surface area contributed by atoms with E-state index in [0.29, 0.717) is 23.7 Å². The van der Waals surface area contributed by atoms with Crippen LogP contribution in [0.2, 0.25) is 0 Å². The number of carbonyl (C=O) groups is 1. The maximum absolute atomic E-state index is 13.1. The zero-order valence-corrected chi connectivity index (χ0v) is 16.6. The molecular weight excluding hydrogens is 380 g/mol. The Hall–Kier alpha value is -2.68. The molecule has 4 rings (SSSR count). The molecule has 1 aliphatic rings. The highest BCUT2D eigenvalue weighted by atomic mass is 32.2. The zero-order chi connectivity index (χ0) is 20.1. The third kappa shape index (κ3) is 2.99. The summed E-state index contributed by atoms with van der Waals surface area (Å²) in [5.74, 6) is -0.212. The summed E-state index contributed by atoms with van der Waals surface area (Å²) in [6.07, 6.45) is 2.53. The van der Waals surface area contributed by atoms with Crippen molar-refractivity contribution in [2.45, 2.75) is 31.8 Å². The van der Waals surface area contributed by atoms with E-state index < -0.39 is 15.9 Å². The van der Waals surface area contributed by atoms with Crippen molar-refractivity contribution in [3.8, 4) is 0 Å². The molecule has 2 aromatic heterocycles. The summed E-state index contributed by atoms with van der Waals surface area (Å²) in [5.41, 5.74) is 0.937. The van der Waals surface area contributed by atoms with Gasteiger partial charge in [-0.3, -0.25) is 9.59 Å². The fourth-order valence-electron chi connectivity index (χ4n) is 4.00. The number of carbonyl (C=O) groups excluding carboxylic acids is 1. The lowest BCUT2D eigenvalue weighted by Gasteiger charge is -2.21. The number of rotatable bonds is 4. The summed E-state index contributed by atoms with van der Waals surface area (Å²) >= 11 is 0. The Labute approximate surface area is 162 Å². The topological polar surface area (TPSA) is 103 Å². The van der Waals surface area contributed by atoms with Crippen LogP contribution < -0.4 is 10.9 Å². The van der Waals surface area contributed by atoms with Gasteiger partial charge >= 0.3 is 0 Å². The zero-order valence-electron chi connectivity index (χ0n) is 15.8. The third-order valence-electron chi connectivity index (χ3n) is 5.39. The summed E-state index contributed by atoms with van der Waals surface area (Å²) in [7, 11) is -1.51. The van der Waals surface area contributed by atoms with E-state index in [2.05, 4.69) is 10.4 Å². The number of sulfone groups is 1. The molecule has 2 atom stereocenters. The van der Waals surface area contributed by atoms with E-state index in [9.17, 15) is 18.0 Å². The first-order valence-corrected chi connectivity index (χ1v) is 11.1. The van der Waals surface area contributed by atoms with Crippen LogP contribution >= 0.6 is 0 Å². The Balaban J connectivity index is 1.84. The van der Waals surface area contributed by atoms with Gasteiger partial charge in [-0.2, -0.15) is 5.10 Å². The Kier molecular flexibility index (Phi) is 4.49. The van der Waals surface area contributed by atoms with Crippen molar-refractivity contribution < 1.29 is 13.2 Å². The van der Waals surface area contributed by atoms with E-state index in [-0.39, 0.29) is 29.0 Å². The van der Waals surface area contributed by atoms with Gasteiger partial charge in [-0.25, -0.2) is 13.1 Å². The molecular formula is C19H22N4O4S. The lowest BCUT2D eigenvalue weighted by atomic mass is 10.1. The van der Waals surface area contributed by atoms with Crippen molar-refractivity contribution in [1.29, 1.82) is 0 Å². The fourth-order valence-corrected chi connectivity index (χ4v) is 5.68. The van der Waals surface area contributed by atoms with Gasteiger partial charge in [0.1, 0.15) is 11.6 Å². The van der Waals surface area contributed by atoms with Gasteiger partial charge in [-0.05, 0) is 18.9 Å². The van der Waals surface area contributed by atoms with Gasteiger partial charge in [-0.1, -0.05) is 25.1 Å². The van der Waals surface area contributed by atoms with Crippen LogP contribution in [0.4, 0.5) is 0 Å². The van der Waals surface area contributed by atoms with Gasteiger partial charge in [0.2, 0.25) is 5.91 Å². The maximum Gasteiger partial charge on any atom is 0.291 e. The summed E-state index contributed by atoms with van der Waals surface area (Å²) in [6, 6.07) is 6.52. The van der Waals surface area contributed by atoms with E-state index >= 15 is 0 Å². The molecule has 1 fully saturated rings. The highest BCUT2D eigenvalue weighted by Gasteiger charge is 2.32. The molecule has 1 saturated heterocycles. The predicted octanol–water partition coefficient (Wildman–Crippen LogP) is 1.14. The third-order valence-corrected chi connectivity index (χ3v) is 7.15. The van der Waals surface area contributed by atoms with E-state index in [1.165, 1.54) is 4.68 Å². The van der Waals surface area contributed by atoms with Crippen LogP contribution in [-0.2, 0) is 21.7 Å². The standard InChI is InChI=1S/C19H22N4O4S/c1-3-15(18(24)21-12-8-9-28(26,27)11-12)23-16-7-5-4-6-13(16)14-10-20-22(2)19(25)17(14)23/h4-7,10,12,15H,3,8-9,11H2,1-2H3,(H,21,24)/t12-,15+/m1/s1. The number of fused-ring (bicyclic) bond motifs is 3. The predicted molar refractivity (Wildman–Crippen MR) is 107 cm³/mol. The van der Waals surface area contributed by atoms with Crippen LogP contribution in [0, 0.1) is 0 Å². The Morgan fingerprint density at radius 3 is 2.75 bits per heavy atom. The van der Waals surface area contributed by atoms with E-state index in [4.69, 9.17) is 0 Å². The molecule has 1 aromatic carbocycles. The number of aromatic nitrogens is 3. The second-order valence-corrected chi connectivity index (χ2v) is 9.48. The van der Waals surface area contributed by atoms with Gasteiger partial charge in [-0.15, -0.1) is 0 Å². The lowest BCUT2D eigenvalue weighted by molar-refractivity contribution is -0.124. The van der Waals surface area contributed by atoms with Crippen molar-refractivity contribution in [2.24, 2.45) is 7.05 Å². The Bertz CT molecular complexity index is 1240. The summed E-state index contributed by atoms with van der Waals surface area (Å²) in [5, 5.41) is 8.56. The first kappa shape index (κ1) is 18.7. The average Bonchev–Trinajstić information content (AvgIpc) is 3.17. The molecule has 0 aliphatic carbocycles. The Morgan fingerprint density at radius 1 is 1.32 bits per heavy atom. The minimum atomic E-state index is -3.09. The van der Waals surface area contributed by atoms with Crippen LogP contribution in [0.5, 0.6) is 0 Å². The first-order valence-electron chi connectivity index (χ1n) is 9.28. The monoisotopic (exact) mass is 402 g/mol. The summed E-state index contributed by atoms with van der Waals surface area (Å²) < 4.78 is 26.5. The first-order chi connectivity index (χ1) is 13.3. The number of nitrogens with zero attached hydrogens (tertiary/aromatic N) is 3. The molecule has 0 spiro atoms. The van der Waals surface area contributed by atoms with Crippen LogP contribution in [-0.4, -0.2) is 46.2 Å². The Morgan fingerprint density at radius 2 is 2.07 bits per heavy atom. The maximum atomic E-state index is 13.1. The quantitative estimate of drug-likeness (QED) is 0.705. The minimum absolute atomic E-state index is 0.0337. The number of nitrogens with one attached hydrogen (secondary N) is 1. The van der Waals surface area contributed by atoms with Gasteiger partial charge in [0, 0.05) is 23.9 Å². The fraction of sp³-hybridized carbons (Fsp3) is 0.421. The number of benzene rings is 1. The molecule has 3 heterocycles. The SMILES string of the molecule is CC[C@@H](C(=O)N[C@@H]1CCS(=O)(=O)C1)n1c2ccccc2c2cnn(C)c(=O)c21.